The first kappa shape index (κ1) is 7.21. The molecule has 0 aliphatic carbocycles. The monoisotopic (exact) mass is 155 g/mol. The number of thiocarbonyl (C=S) groups is 1. The van der Waals surface area contributed by atoms with Gasteiger partial charge in [-0.3, -0.25) is 0 Å². The number of aromatic amines is 1. The number of rotatable bonds is 2. The number of nitrogens with zero attached hydrogens (tertiary/aromatic N) is 1. The van der Waals surface area contributed by atoms with Gasteiger partial charge in [-0.2, -0.15) is 0 Å². The Balaban J connectivity index is 2.77. The molecule has 1 rings (SSSR count). The molecule has 4 heteroatoms. The first-order chi connectivity index (χ1) is 4.72. The summed E-state index contributed by atoms with van der Waals surface area (Å²) < 4.78 is 0. The van der Waals surface area contributed by atoms with Crippen molar-refractivity contribution in [2.75, 3.05) is 0 Å². The molecular formula is C6H9N3S. The van der Waals surface area contributed by atoms with E-state index in [2.05, 4.69) is 9.97 Å². The van der Waals surface area contributed by atoms with E-state index in [0.29, 0.717) is 4.99 Å². The molecule has 0 saturated heterocycles. The Hall–Kier alpha value is -0.900. The maximum Gasteiger partial charge on any atom is 0.0921 e. The van der Waals surface area contributed by atoms with Crippen molar-refractivity contribution in [1.82, 2.24) is 9.97 Å². The van der Waals surface area contributed by atoms with Crippen molar-refractivity contribution in [1.29, 1.82) is 0 Å². The van der Waals surface area contributed by atoms with Crippen molar-refractivity contribution in [3.63, 3.8) is 0 Å². The van der Waals surface area contributed by atoms with Crippen LogP contribution in [0, 0.1) is 0 Å². The lowest BCUT2D eigenvalue weighted by atomic mass is 10.1. The molecule has 10 heavy (non-hydrogen) atoms. The number of nitrogens with two attached hydrogens (primary N) is 1. The Bertz CT molecular complexity index is 217. The smallest absolute Gasteiger partial charge is 0.0921 e. The topological polar surface area (TPSA) is 54.7 Å². The number of imidazole rings is 1. The largest absolute Gasteiger partial charge is 0.393 e. The van der Waals surface area contributed by atoms with E-state index in [1.807, 2.05) is 6.92 Å². The highest BCUT2D eigenvalue weighted by atomic mass is 32.1. The minimum absolute atomic E-state index is 0.0949. The molecule has 0 aromatic carbocycles. The summed E-state index contributed by atoms with van der Waals surface area (Å²) in [4.78, 5) is 7.28. The van der Waals surface area contributed by atoms with Crippen molar-refractivity contribution < 1.29 is 0 Å². The van der Waals surface area contributed by atoms with Gasteiger partial charge in [-0.1, -0.05) is 19.1 Å². The van der Waals surface area contributed by atoms with Crippen molar-refractivity contribution in [3.8, 4) is 0 Å². The standard InChI is InChI=1S/C6H9N3S/c1-4(6(7)10)5-2-8-3-9-5/h2-4H,1H3,(H2,7,10)(H,8,9). The van der Waals surface area contributed by atoms with Crippen molar-refractivity contribution in [3.05, 3.63) is 18.2 Å². The van der Waals surface area contributed by atoms with E-state index < -0.39 is 0 Å². The van der Waals surface area contributed by atoms with Crippen LogP contribution in [0.25, 0.3) is 0 Å². The summed E-state index contributed by atoms with van der Waals surface area (Å²) in [5.41, 5.74) is 6.38. The van der Waals surface area contributed by atoms with Gasteiger partial charge in [0.1, 0.15) is 0 Å². The summed E-state index contributed by atoms with van der Waals surface area (Å²) in [5.74, 6) is 0.0949. The van der Waals surface area contributed by atoms with Gasteiger partial charge in [0.05, 0.1) is 11.3 Å². The number of aromatic nitrogens is 2. The maximum absolute atomic E-state index is 5.41. The second-order valence-electron chi connectivity index (χ2n) is 2.13. The molecule has 0 fully saturated rings. The molecule has 0 amide bonds. The highest BCUT2D eigenvalue weighted by Crippen LogP contribution is 2.10. The van der Waals surface area contributed by atoms with Crippen LogP contribution in [0.2, 0.25) is 0 Å². The molecular weight excluding hydrogens is 146 g/mol. The van der Waals surface area contributed by atoms with Gasteiger partial charge < -0.3 is 10.7 Å². The average molecular weight is 155 g/mol. The van der Waals surface area contributed by atoms with Gasteiger partial charge in [0.15, 0.2) is 0 Å². The molecule has 3 nitrogen and oxygen atoms in total. The Morgan fingerprint density at radius 3 is 3.00 bits per heavy atom. The third kappa shape index (κ3) is 1.33. The van der Waals surface area contributed by atoms with Gasteiger partial charge in [0.25, 0.3) is 0 Å². The van der Waals surface area contributed by atoms with E-state index in [9.17, 15) is 0 Å². The molecule has 1 heterocycles. The highest BCUT2D eigenvalue weighted by molar-refractivity contribution is 7.80. The predicted molar refractivity (Wildman–Crippen MR) is 43.8 cm³/mol. The van der Waals surface area contributed by atoms with E-state index in [1.54, 1.807) is 12.5 Å². The lowest BCUT2D eigenvalue weighted by molar-refractivity contribution is 0.972. The number of H-pyrrole nitrogens is 1. The fourth-order valence-corrected chi connectivity index (χ4v) is 0.784. The summed E-state index contributed by atoms with van der Waals surface area (Å²) in [5, 5.41) is 0. The zero-order chi connectivity index (χ0) is 7.56. The quantitative estimate of drug-likeness (QED) is 0.621. The molecule has 54 valence electrons. The normalized spacial score (nSPS) is 12.9. The third-order valence-electron chi connectivity index (χ3n) is 1.41. The third-order valence-corrected chi connectivity index (χ3v) is 1.77. The Morgan fingerprint density at radius 2 is 2.60 bits per heavy atom. The van der Waals surface area contributed by atoms with E-state index in [4.69, 9.17) is 18.0 Å². The Labute approximate surface area is 64.7 Å². The van der Waals surface area contributed by atoms with Gasteiger partial charge in [-0.25, -0.2) is 4.98 Å². The van der Waals surface area contributed by atoms with Crippen LogP contribution in [-0.2, 0) is 0 Å². The minimum Gasteiger partial charge on any atom is -0.393 e. The van der Waals surface area contributed by atoms with Crippen LogP contribution >= 0.6 is 12.2 Å². The molecule has 1 atom stereocenters. The molecule has 3 N–H and O–H groups in total. The van der Waals surface area contributed by atoms with Crippen LogP contribution in [0.5, 0.6) is 0 Å². The molecule has 0 radical (unpaired) electrons. The summed E-state index contributed by atoms with van der Waals surface area (Å²) in [6, 6.07) is 0. The molecule has 1 aromatic heterocycles. The van der Waals surface area contributed by atoms with E-state index in [1.165, 1.54) is 0 Å². The molecule has 0 aliphatic rings. The van der Waals surface area contributed by atoms with Crippen LogP contribution in [-0.4, -0.2) is 15.0 Å². The van der Waals surface area contributed by atoms with Crippen LogP contribution in [0.4, 0.5) is 0 Å². The van der Waals surface area contributed by atoms with Crippen LogP contribution in [0.3, 0.4) is 0 Å². The molecule has 0 saturated carbocycles. The first-order valence-corrected chi connectivity index (χ1v) is 3.40. The van der Waals surface area contributed by atoms with Crippen molar-refractivity contribution in [2.45, 2.75) is 12.8 Å². The van der Waals surface area contributed by atoms with E-state index >= 15 is 0 Å². The highest BCUT2D eigenvalue weighted by Gasteiger charge is 2.07. The summed E-state index contributed by atoms with van der Waals surface area (Å²) >= 11 is 4.80. The number of hydrogen-bond acceptors (Lipinski definition) is 2. The SMILES string of the molecule is CC(C(N)=S)c1cnc[nH]1. The van der Waals surface area contributed by atoms with Gasteiger partial charge >= 0.3 is 0 Å². The number of nitrogens with one attached hydrogen (secondary N) is 1. The Morgan fingerprint density at radius 1 is 1.90 bits per heavy atom. The fraction of sp³-hybridized carbons (Fsp3) is 0.333. The van der Waals surface area contributed by atoms with Gasteiger partial charge in [0, 0.05) is 17.8 Å². The van der Waals surface area contributed by atoms with Crippen LogP contribution < -0.4 is 5.73 Å². The second-order valence-corrected chi connectivity index (χ2v) is 2.60. The lowest BCUT2D eigenvalue weighted by Crippen LogP contribution is -2.16. The molecule has 0 bridgehead atoms. The minimum atomic E-state index is 0.0949. The zero-order valence-corrected chi connectivity index (χ0v) is 6.48. The Kier molecular flexibility index (Phi) is 2.01. The van der Waals surface area contributed by atoms with Crippen LogP contribution in [0.1, 0.15) is 18.5 Å². The van der Waals surface area contributed by atoms with E-state index in [0.717, 1.165) is 5.69 Å². The average Bonchev–Trinajstić information content (AvgIpc) is 2.36. The molecule has 0 aliphatic heterocycles. The second kappa shape index (κ2) is 2.79. The lowest BCUT2D eigenvalue weighted by Gasteiger charge is -2.04. The molecule has 1 aromatic rings. The van der Waals surface area contributed by atoms with Gasteiger partial charge in [0.2, 0.25) is 0 Å². The van der Waals surface area contributed by atoms with Gasteiger partial charge in [-0.05, 0) is 0 Å². The molecule has 1 unspecified atom stereocenters. The van der Waals surface area contributed by atoms with Crippen LogP contribution in [0.15, 0.2) is 12.5 Å². The zero-order valence-electron chi connectivity index (χ0n) is 5.66. The van der Waals surface area contributed by atoms with Gasteiger partial charge in [-0.15, -0.1) is 0 Å². The fourth-order valence-electron chi connectivity index (χ4n) is 0.657. The van der Waals surface area contributed by atoms with Crippen molar-refractivity contribution >= 4 is 17.2 Å². The first-order valence-electron chi connectivity index (χ1n) is 2.99. The summed E-state index contributed by atoms with van der Waals surface area (Å²) in [6.45, 7) is 1.94. The van der Waals surface area contributed by atoms with Crippen molar-refractivity contribution in [2.24, 2.45) is 5.73 Å². The summed E-state index contributed by atoms with van der Waals surface area (Å²) in [6.07, 6.45) is 3.34. The number of hydrogen-bond donors (Lipinski definition) is 2. The van der Waals surface area contributed by atoms with E-state index in [-0.39, 0.29) is 5.92 Å². The predicted octanol–water partition coefficient (Wildman–Crippen LogP) is 0.799. The maximum atomic E-state index is 5.41. The molecule has 0 spiro atoms. The summed E-state index contributed by atoms with van der Waals surface area (Å²) in [7, 11) is 0.